The summed E-state index contributed by atoms with van der Waals surface area (Å²) in [5, 5.41) is 2.25. The fourth-order valence-electron chi connectivity index (χ4n) is 2.79. The highest BCUT2D eigenvalue weighted by molar-refractivity contribution is 6.27. The molecule has 0 saturated heterocycles. The van der Waals surface area contributed by atoms with Gasteiger partial charge in [0.1, 0.15) is 11.4 Å². The molecule has 0 atom stereocenters. The summed E-state index contributed by atoms with van der Waals surface area (Å²) in [5.74, 6) is -4.14. The zero-order valence-electron chi connectivity index (χ0n) is 13.9. The van der Waals surface area contributed by atoms with E-state index in [0.717, 1.165) is 6.07 Å². The maximum Gasteiger partial charge on any atom is 0.261 e. The molecule has 0 aliphatic carbocycles. The van der Waals surface area contributed by atoms with E-state index in [1.54, 1.807) is 7.05 Å². The Morgan fingerprint density at radius 3 is 2.46 bits per heavy atom. The summed E-state index contributed by atoms with van der Waals surface area (Å²) in [4.78, 5) is 26.5. The minimum Gasteiger partial charge on any atom is -0.341 e. The van der Waals surface area contributed by atoms with Gasteiger partial charge in [0.15, 0.2) is 11.6 Å². The molecular weight excluding hydrogens is 345 g/mol. The number of anilines is 1. The van der Waals surface area contributed by atoms with Crippen LogP contribution in [0.15, 0.2) is 48.0 Å². The standard InChI is InChI=1S/C19H15F3N2O2/c1-24-10-9-13(11-5-7-12(20)8-6-11)16(19(24)26)18(25)23-15-4-2-3-14(21)17(15)22/h2-8H,9-10H2,1H3,(H,23,25). The number of amides is 2. The van der Waals surface area contributed by atoms with E-state index >= 15 is 0 Å². The van der Waals surface area contributed by atoms with Crippen LogP contribution in [-0.2, 0) is 9.59 Å². The molecule has 1 aliphatic rings. The Morgan fingerprint density at radius 2 is 1.77 bits per heavy atom. The van der Waals surface area contributed by atoms with Gasteiger partial charge in [0.2, 0.25) is 0 Å². The van der Waals surface area contributed by atoms with Gasteiger partial charge in [-0.3, -0.25) is 9.59 Å². The zero-order chi connectivity index (χ0) is 18.8. The SMILES string of the molecule is CN1CCC(c2ccc(F)cc2)=C(C(=O)Nc2cccc(F)c2F)C1=O. The number of hydrogen-bond donors (Lipinski definition) is 1. The summed E-state index contributed by atoms with van der Waals surface area (Å²) in [7, 11) is 1.54. The number of rotatable bonds is 3. The van der Waals surface area contributed by atoms with Crippen LogP contribution in [0, 0.1) is 17.5 Å². The Morgan fingerprint density at radius 1 is 1.08 bits per heavy atom. The molecule has 26 heavy (non-hydrogen) atoms. The first kappa shape index (κ1) is 17.7. The highest BCUT2D eigenvalue weighted by Gasteiger charge is 2.31. The van der Waals surface area contributed by atoms with Crippen molar-refractivity contribution in [2.75, 3.05) is 18.9 Å². The smallest absolute Gasteiger partial charge is 0.261 e. The number of likely N-dealkylation sites (N-methyl/N-ethyl adjacent to an activating group) is 1. The van der Waals surface area contributed by atoms with E-state index in [9.17, 15) is 22.8 Å². The lowest BCUT2D eigenvalue weighted by molar-refractivity contribution is -0.128. The number of nitrogens with one attached hydrogen (secondary N) is 1. The van der Waals surface area contributed by atoms with Gasteiger partial charge >= 0.3 is 0 Å². The van der Waals surface area contributed by atoms with E-state index in [2.05, 4.69) is 5.32 Å². The quantitative estimate of drug-likeness (QED) is 0.854. The minimum atomic E-state index is -1.21. The van der Waals surface area contributed by atoms with E-state index in [1.165, 1.54) is 41.3 Å². The predicted octanol–water partition coefficient (Wildman–Crippen LogP) is 3.36. The van der Waals surface area contributed by atoms with Crippen molar-refractivity contribution in [2.24, 2.45) is 0 Å². The first-order chi connectivity index (χ1) is 12.4. The molecule has 1 N–H and O–H groups in total. The third kappa shape index (κ3) is 3.33. The van der Waals surface area contributed by atoms with Gasteiger partial charge in [-0.2, -0.15) is 0 Å². The van der Waals surface area contributed by atoms with Gasteiger partial charge in [-0.15, -0.1) is 0 Å². The number of halogens is 3. The van der Waals surface area contributed by atoms with Crippen LogP contribution in [0.5, 0.6) is 0 Å². The van der Waals surface area contributed by atoms with E-state index in [0.29, 0.717) is 24.1 Å². The van der Waals surface area contributed by atoms with Crippen LogP contribution in [0.4, 0.5) is 18.9 Å². The van der Waals surface area contributed by atoms with Crippen molar-refractivity contribution < 1.29 is 22.8 Å². The minimum absolute atomic E-state index is 0.172. The number of benzene rings is 2. The van der Waals surface area contributed by atoms with Crippen molar-refractivity contribution >= 4 is 23.1 Å². The second-order valence-corrected chi connectivity index (χ2v) is 5.89. The van der Waals surface area contributed by atoms with Crippen molar-refractivity contribution in [1.29, 1.82) is 0 Å². The molecule has 0 bridgehead atoms. The first-order valence-corrected chi connectivity index (χ1v) is 7.88. The number of carbonyl (C=O) groups excluding carboxylic acids is 2. The van der Waals surface area contributed by atoms with E-state index < -0.39 is 29.3 Å². The van der Waals surface area contributed by atoms with Gasteiger partial charge in [0, 0.05) is 13.6 Å². The maximum absolute atomic E-state index is 13.8. The van der Waals surface area contributed by atoms with E-state index in [1.807, 2.05) is 0 Å². The molecule has 2 aromatic carbocycles. The Labute approximate surface area is 147 Å². The molecule has 0 fully saturated rings. The molecular formula is C19H15F3N2O2. The summed E-state index contributed by atoms with van der Waals surface area (Å²) in [6.45, 7) is 0.386. The van der Waals surface area contributed by atoms with Gasteiger partial charge < -0.3 is 10.2 Å². The van der Waals surface area contributed by atoms with Crippen LogP contribution in [0.3, 0.4) is 0 Å². The third-order valence-electron chi connectivity index (χ3n) is 4.18. The van der Waals surface area contributed by atoms with Crippen LogP contribution in [-0.4, -0.2) is 30.3 Å². The summed E-state index contributed by atoms with van der Waals surface area (Å²) >= 11 is 0. The molecule has 2 amide bonds. The highest BCUT2D eigenvalue weighted by Crippen LogP contribution is 2.29. The summed E-state index contributed by atoms with van der Waals surface area (Å²) < 4.78 is 40.3. The number of carbonyl (C=O) groups is 2. The fourth-order valence-corrected chi connectivity index (χ4v) is 2.79. The molecule has 0 spiro atoms. The second-order valence-electron chi connectivity index (χ2n) is 5.89. The normalized spacial score (nSPS) is 14.6. The zero-order valence-corrected chi connectivity index (χ0v) is 13.9. The molecule has 7 heteroatoms. The monoisotopic (exact) mass is 360 g/mol. The van der Waals surface area contributed by atoms with Gasteiger partial charge in [0.05, 0.1) is 5.69 Å². The van der Waals surface area contributed by atoms with E-state index in [-0.39, 0.29) is 11.3 Å². The van der Waals surface area contributed by atoms with E-state index in [4.69, 9.17) is 0 Å². The average Bonchev–Trinajstić information content (AvgIpc) is 2.62. The highest BCUT2D eigenvalue weighted by atomic mass is 19.2. The Hall–Kier alpha value is -3.09. The Kier molecular flexibility index (Phi) is 4.79. The largest absolute Gasteiger partial charge is 0.341 e. The lowest BCUT2D eigenvalue weighted by Crippen LogP contribution is -2.38. The predicted molar refractivity (Wildman–Crippen MR) is 90.6 cm³/mol. The fraction of sp³-hybridized carbons (Fsp3) is 0.158. The molecule has 0 saturated carbocycles. The second kappa shape index (κ2) is 7.03. The molecule has 0 radical (unpaired) electrons. The van der Waals surface area contributed by atoms with Crippen molar-refractivity contribution in [1.82, 2.24) is 4.90 Å². The molecule has 3 rings (SSSR count). The van der Waals surface area contributed by atoms with Gasteiger partial charge in [0.25, 0.3) is 11.8 Å². The number of nitrogens with zero attached hydrogens (tertiary/aromatic N) is 1. The molecule has 4 nitrogen and oxygen atoms in total. The lowest BCUT2D eigenvalue weighted by atomic mass is 9.92. The molecule has 2 aromatic rings. The van der Waals surface area contributed by atoms with Crippen LogP contribution < -0.4 is 5.32 Å². The summed E-state index contributed by atoms with van der Waals surface area (Å²) in [5.41, 5.74) is 0.427. The topological polar surface area (TPSA) is 49.4 Å². The van der Waals surface area contributed by atoms with Gasteiger partial charge in [-0.1, -0.05) is 18.2 Å². The van der Waals surface area contributed by atoms with Gasteiger partial charge in [-0.25, -0.2) is 13.2 Å². The maximum atomic E-state index is 13.8. The first-order valence-electron chi connectivity index (χ1n) is 7.88. The van der Waals surface area contributed by atoms with Crippen molar-refractivity contribution in [3.05, 3.63) is 71.1 Å². The third-order valence-corrected chi connectivity index (χ3v) is 4.18. The van der Waals surface area contributed by atoms with Crippen molar-refractivity contribution in [3.8, 4) is 0 Å². The summed E-state index contributed by atoms with van der Waals surface area (Å²) in [6.07, 6.45) is 0.377. The van der Waals surface area contributed by atoms with Crippen LogP contribution in [0.25, 0.3) is 5.57 Å². The molecule has 134 valence electrons. The molecule has 1 heterocycles. The van der Waals surface area contributed by atoms with Gasteiger partial charge in [-0.05, 0) is 41.8 Å². The average molecular weight is 360 g/mol. The van der Waals surface area contributed by atoms with Crippen LogP contribution >= 0.6 is 0 Å². The van der Waals surface area contributed by atoms with Crippen molar-refractivity contribution in [2.45, 2.75) is 6.42 Å². The Balaban J connectivity index is 2.03. The lowest BCUT2D eigenvalue weighted by Gasteiger charge is -2.27. The summed E-state index contributed by atoms with van der Waals surface area (Å²) in [6, 6.07) is 8.77. The molecule has 0 aromatic heterocycles. The molecule has 1 aliphatic heterocycles. The van der Waals surface area contributed by atoms with Crippen LogP contribution in [0.1, 0.15) is 12.0 Å². The van der Waals surface area contributed by atoms with Crippen molar-refractivity contribution in [3.63, 3.8) is 0 Å². The number of hydrogen-bond acceptors (Lipinski definition) is 2. The molecule has 0 unspecified atom stereocenters. The Bertz CT molecular complexity index is 908. The van der Waals surface area contributed by atoms with Crippen LogP contribution in [0.2, 0.25) is 0 Å².